The van der Waals surface area contributed by atoms with Crippen molar-refractivity contribution in [2.24, 2.45) is 5.92 Å². The van der Waals surface area contributed by atoms with Gasteiger partial charge in [-0.3, -0.25) is 4.79 Å². The highest BCUT2D eigenvalue weighted by Gasteiger charge is 2.22. The zero-order valence-electron chi connectivity index (χ0n) is 20.2. The SMILES string of the molecule is Cc1oc(C(=O)NS(=O)(=O)c2ccccc2)cc1CNC1=CC=C(c2ccc(OC(F)F)cc2)C(C)C1. The van der Waals surface area contributed by atoms with E-state index in [1.54, 1.807) is 37.3 Å². The third kappa shape index (κ3) is 6.45. The monoisotopic (exact) mass is 528 g/mol. The molecule has 37 heavy (non-hydrogen) atoms. The van der Waals surface area contributed by atoms with Gasteiger partial charge in [0.2, 0.25) is 0 Å². The van der Waals surface area contributed by atoms with Gasteiger partial charge in [-0.15, -0.1) is 0 Å². The van der Waals surface area contributed by atoms with Gasteiger partial charge < -0.3 is 14.5 Å². The van der Waals surface area contributed by atoms with Crippen molar-refractivity contribution >= 4 is 21.5 Å². The molecule has 194 valence electrons. The molecule has 1 aliphatic rings. The highest BCUT2D eigenvalue weighted by atomic mass is 32.2. The van der Waals surface area contributed by atoms with E-state index in [9.17, 15) is 22.0 Å². The predicted octanol–water partition coefficient (Wildman–Crippen LogP) is 5.41. The van der Waals surface area contributed by atoms with Gasteiger partial charge >= 0.3 is 12.5 Å². The molecule has 0 saturated heterocycles. The van der Waals surface area contributed by atoms with Gasteiger partial charge in [0.05, 0.1) is 4.90 Å². The number of allylic oxidation sites excluding steroid dienone is 4. The highest BCUT2D eigenvalue weighted by molar-refractivity contribution is 7.90. The summed E-state index contributed by atoms with van der Waals surface area (Å²) in [5.74, 6) is -0.157. The molecule has 2 aromatic carbocycles. The molecule has 10 heteroatoms. The Morgan fingerprint density at radius 2 is 1.81 bits per heavy atom. The van der Waals surface area contributed by atoms with Crippen LogP contribution in [0.3, 0.4) is 0 Å². The molecule has 2 N–H and O–H groups in total. The van der Waals surface area contributed by atoms with Gasteiger partial charge in [0.25, 0.3) is 10.0 Å². The first-order valence-corrected chi connectivity index (χ1v) is 13.0. The molecular weight excluding hydrogens is 502 g/mol. The van der Waals surface area contributed by atoms with Crippen molar-refractivity contribution < 1.29 is 31.1 Å². The van der Waals surface area contributed by atoms with Gasteiger partial charge in [0, 0.05) is 17.8 Å². The van der Waals surface area contributed by atoms with Crippen LogP contribution in [0.4, 0.5) is 8.78 Å². The quantitative estimate of drug-likeness (QED) is 0.386. The number of nitrogens with one attached hydrogen (secondary N) is 2. The fourth-order valence-electron chi connectivity index (χ4n) is 4.05. The van der Waals surface area contributed by atoms with Gasteiger partial charge in [-0.1, -0.05) is 43.3 Å². The van der Waals surface area contributed by atoms with E-state index in [2.05, 4.69) is 17.0 Å². The Hall–Kier alpha value is -3.92. The standard InChI is InChI=1S/C27H26F2N2O5S/c1-17-14-21(10-13-24(17)19-8-11-22(12-9-19)36-27(28)29)30-16-20-15-25(35-18(20)2)26(32)31-37(33,34)23-6-4-3-5-7-23/h3-13,15,17,27,30H,14,16H2,1-2H3,(H,31,32). The van der Waals surface area contributed by atoms with E-state index >= 15 is 0 Å². The number of furan rings is 1. The zero-order valence-corrected chi connectivity index (χ0v) is 21.0. The molecule has 1 atom stereocenters. The number of hydrogen-bond donors (Lipinski definition) is 2. The molecule has 0 spiro atoms. The summed E-state index contributed by atoms with van der Waals surface area (Å²) in [4.78, 5) is 12.5. The number of halogens is 2. The predicted molar refractivity (Wildman–Crippen MR) is 134 cm³/mol. The maximum atomic E-state index is 12.5. The topological polar surface area (TPSA) is 97.6 Å². The maximum absolute atomic E-state index is 12.5. The summed E-state index contributed by atoms with van der Waals surface area (Å²) in [6.45, 7) is 1.30. The summed E-state index contributed by atoms with van der Waals surface area (Å²) in [5, 5.41) is 3.34. The molecule has 3 aromatic rings. The largest absolute Gasteiger partial charge is 0.456 e. The molecule has 0 bridgehead atoms. The summed E-state index contributed by atoms with van der Waals surface area (Å²) in [5.41, 5.74) is 3.70. The minimum atomic E-state index is -4.01. The third-order valence-electron chi connectivity index (χ3n) is 5.96. The Morgan fingerprint density at radius 3 is 2.46 bits per heavy atom. The number of rotatable bonds is 9. The van der Waals surface area contributed by atoms with Crippen LogP contribution in [0.5, 0.6) is 5.75 Å². The first-order chi connectivity index (χ1) is 17.6. The van der Waals surface area contributed by atoms with Gasteiger partial charge in [0.15, 0.2) is 5.76 Å². The van der Waals surface area contributed by atoms with E-state index in [1.807, 2.05) is 16.9 Å². The van der Waals surface area contributed by atoms with E-state index in [0.717, 1.165) is 28.8 Å². The smallest absolute Gasteiger partial charge is 0.387 e. The van der Waals surface area contributed by atoms with Crippen molar-refractivity contribution in [2.45, 2.75) is 38.3 Å². The summed E-state index contributed by atoms with van der Waals surface area (Å²) < 4.78 is 61.6. The van der Waals surface area contributed by atoms with Crippen LogP contribution in [0.2, 0.25) is 0 Å². The van der Waals surface area contributed by atoms with Crippen molar-refractivity contribution in [3.8, 4) is 5.75 Å². The first kappa shape index (κ1) is 26.2. The molecule has 1 amide bonds. The lowest BCUT2D eigenvalue weighted by Gasteiger charge is -2.23. The third-order valence-corrected chi connectivity index (χ3v) is 7.31. The van der Waals surface area contributed by atoms with Crippen molar-refractivity contribution in [2.75, 3.05) is 0 Å². The van der Waals surface area contributed by atoms with Crippen LogP contribution in [0, 0.1) is 12.8 Å². The fourth-order valence-corrected chi connectivity index (χ4v) is 5.03. The Labute approximate surface area is 213 Å². The Morgan fingerprint density at radius 1 is 1.11 bits per heavy atom. The lowest BCUT2D eigenvalue weighted by molar-refractivity contribution is -0.0498. The Bertz CT molecular complexity index is 1430. The van der Waals surface area contributed by atoms with Crippen LogP contribution < -0.4 is 14.8 Å². The highest BCUT2D eigenvalue weighted by Crippen LogP contribution is 2.32. The van der Waals surface area contributed by atoms with Crippen molar-refractivity contribution in [1.82, 2.24) is 10.0 Å². The van der Waals surface area contributed by atoms with E-state index < -0.39 is 22.5 Å². The zero-order chi connectivity index (χ0) is 26.6. The molecule has 7 nitrogen and oxygen atoms in total. The molecule has 1 aromatic heterocycles. The van der Waals surface area contributed by atoms with Gasteiger partial charge in [-0.25, -0.2) is 13.1 Å². The molecular formula is C27H26F2N2O5S. The average molecular weight is 529 g/mol. The molecule has 1 aliphatic carbocycles. The number of sulfonamides is 1. The number of hydrogen-bond acceptors (Lipinski definition) is 6. The first-order valence-electron chi connectivity index (χ1n) is 11.5. The molecule has 1 heterocycles. The lowest BCUT2D eigenvalue weighted by atomic mass is 9.86. The molecule has 0 saturated carbocycles. The summed E-state index contributed by atoms with van der Waals surface area (Å²) in [6.07, 6.45) is 4.66. The van der Waals surface area contributed by atoms with Crippen LogP contribution >= 0.6 is 0 Å². The number of alkyl halides is 2. The van der Waals surface area contributed by atoms with E-state index in [0.29, 0.717) is 12.3 Å². The van der Waals surface area contributed by atoms with E-state index in [-0.39, 0.29) is 22.3 Å². The van der Waals surface area contributed by atoms with Crippen molar-refractivity contribution in [3.63, 3.8) is 0 Å². The van der Waals surface area contributed by atoms with Crippen LogP contribution in [0.25, 0.3) is 5.57 Å². The maximum Gasteiger partial charge on any atom is 0.387 e. The van der Waals surface area contributed by atoms with Crippen molar-refractivity contribution in [1.29, 1.82) is 0 Å². The number of ether oxygens (including phenoxy) is 1. The second-order valence-corrected chi connectivity index (χ2v) is 10.3. The van der Waals surface area contributed by atoms with E-state index in [4.69, 9.17) is 4.42 Å². The summed E-state index contributed by atoms with van der Waals surface area (Å²) >= 11 is 0. The molecule has 0 fully saturated rings. The second kappa shape index (κ2) is 11.0. The summed E-state index contributed by atoms with van der Waals surface area (Å²) in [7, 11) is -4.01. The summed E-state index contributed by atoms with van der Waals surface area (Å²) in [6, 6.07) is 15.7. The lowest BCUT2D eigenvalue weighted by Crippen LogP contribution is -2.30. The molecule has 4 rings (SSSR count). The average Bonchev–Trinajstić information content (AvgIpc) is 3.24. The number of carbonyl (C=O) groups excluding carboxylic acids is 1. The minimum Gasteiger partial charge on any atom is -0.456 e. The fraction of sp³-hybridized carbons (Fsp3) is 0.222. The second-order valence-electron chi connectivity index (χ2n) is 8.62. The van der Waals surface area contributed by atoms with Crippen molar-refractivity contribution in [3.05, 3.63) is 101 Å². The van der Waals surface area contributed by atoms with Crippen LogP contribution in [-0.2, 0) is 16.6 Å². The molecule has 0 radical (unpaired) electrons. The minimum absolute atomic E-state index is 0.0169. The molecule has 0 aliphatic heterocycles. The normalized spacial score (nSPS) is 15.6. The van der Waals surface area contributed by atoms with Crippen LogP contribution in [0.1, 0.15) is 40.8 Å². The number of aryl methyl sites for hydroxylation is 1. The molecule has 1 unspecified atom stereocenters. The van der Waals surface area contributed by atoms with Crippen LogP contribution in [-0.4, -0.2) is 20.9 Å². The van der Waals surface area contributed by atoms with E-state index in [1.165, 1.54) is 30.3 Å². The number of benzene rings is 2. The number of carbonyl (C=O) groups is 1. The van der Waals surface area contributed by atoms with Gasteiger partial charge in [-0.05, 0) is 66.8 Å². The number of amides is 1. The van der Waals surface area contributed by atoms with Gasteiger partial charge in [0.1, 0.15) is 11.5 Å². The Balaban J connectivity index is 1.39. The van der Waals surface area contributed by atoms with Gasteiger partial charge in [-0.2, -0.15) is 8.78 Å². The van der Waals surface area contributed by atoms with Crippen LogP contribution in [0.15, 0.2) is 87.8 Å². The Kier molecular flexibility index (Phi) is 7.77.